The van der Waals surface area contributed by atoms with E-state index in [-0.39, 0.29) is 30.8 Å². The summed E-state index contributed by atoms with van der Waals surface area (Å²) < 4.78 is 1.14. The Labute approximate surface area is 172 Å². The molecule has 0 aliphatic carbocycles. The van der Waals surface area contributed by atoms with Gasteiger partial charge in [0.15, 0.2) is 0 Å². The van der Waals surface area contributed by atoms with Crippen molar-refractivity contribution >= 4 is 45.0 Å². The molecule has 2 amide bonds. The molecule has 0 radical (unpaired) electrons. The largest absolute Gasteiger partial charge is 0.351 e. The molecule has 1 N–H and O–H groups in total. The molecular formula is C21H20ClN3O2S. The highest BCUT2D eigenvalue weighted by Gasteiger charge is 2.31. The van der Waals surface area contributed by atoms with Crippen molar-refractivity contribution in [1.29, 1.82) is 0 Å². The first kappa shape index (κ1) is 18.9. The fourth-order valence-corrected chi connectivity index (χ4v) is 4.86. The van der Waals surface area contributed by atoms with Crippen LogP contribution in [0.5, 0.6) is 0 Å². The fourth-order valence-electron chi connectivity index (χ4n) is 3.52. The molecule has 4 rings (SSSR count). The summed E-state index contributed by atoms with van der Waals surface area (Å²) in [7, 11) is 0. The van der Waals surface area contributed by atoms with Gasteiger partial charge in [-0.3, -0.25) is 9.59 Å². The molecule has 3 aromatic rings. The highest BCUT2D eigenvalue weighted by atomic mass is 35.5. The van der Waals surface area contributed by atoms with E-state index in [0.29, 0.717) is 10.6 Å². The number of likely N-dealkylation sites (tertiary alicyclic amines) is 1. The monoisotopic (exact) mass is 413 g/mol. The topological polar surface area (TPSA) is 62.3 Å². The molecule has 144 valence electrons. The summed E-state index contributed by atoms with van der Waals surface area (Å²) in [6, 6.07) is 15.0. The van der Waals surface area contributed by atoms with Crippen LogP contribution in [0.3, 0.4) is 0 Å². The number of nitrogens with zero attached hydrogens (tertiary/aromatic N) is 2. The molecule has 28 heavy (non-hydrogen) atoms. The van der Waals surface area contributed by atoms with Crippen LogP contribution in [0, 0.1) is 0 Å². The SMILES string of the molecule is O=C(NCCC(=O)N1CCC[C@H]1c1nc2ccccc2s1)c1ccccc1Cl. The molecule has 1 aromatic heterocycles. The zero-order chi connectivity index (χ0) is 19.5. The van der Waals surface area contributed by atoms with E-state index in [4.69, 9.17) is 16.6 Å². The second-order valence-corrected chi connectivity index (χ2v) is 8.22. The Kier molecular flexibility index (Phi) is 5.59. The summed E-state index contributed by atoms with van der Waals surface area (Å²) in [5.41, 5.74) is 1.40. The van der Waals surface area contributed by atoms with E-state index in [9.17, 15) is 9.59 Å². The van der Waals surface area contributed by atoms with Crippen molar-refractivity contribution in [3.05, 3.63) is 64.1 Å². The highest BCUT2D eigenvalue weighted by molar-refractivity contribution is 7.18. The molecule has 1 fully saturated rings. The van der Waals surface area contributed by atoms with Gasteiger partial charge in [0.2, 0.25) is 5.91 Å². The van der Waals surface area contributed by atoms with Crippen LogP contribution >= 0.6 is 22.9 Å². The van der Waals surface area contributed by atoms with Gasteiger partial charge in [-0.25, -0.2) is 4.98 Å². The molecule has 0 bridgehead atoms. The number of rotatable bonds is 5. The van der Waals surface area contributed by atoms with E-state index in [1.807, 2.05) is 23.1 Å². The molecule has 5 nitrogen and oxygen atoms in total. The Morgan fingerprint density at radius 1 is 1.18 bits per heavy atom. The molecule has 2 heterocycles. The number of fused-ring (bicyclic) bond motifs is 1. The minimum Gasteiger partial charge on any atom is -0.351 e. The lowest BCUT2D eigenvalue weighted by molar-refractivity contribution is -0.132. The predicted octanol–water partition coefficient (Wildman–Crippen LogP) is 4.43. The van der Waals surface area contributed by atoms with Crippen LogP contribution in [0.1, 0.15) is 40.7 Å². The molecule has 1 aliphatic heterocycles. The molecule has 7 heteroatoms. The standard InChI is InChI=1S/C21H20ClN3O2S/c22-15-7-2-1-6-14(15)20(27)23-12-11-19(26)25-13-5-9-17(25)21-24-16-8-3-4-10-18(16)28-21/h1-4,6-8,10,17H,5,9,11-13H2,(H,23,27)/t17-/m0/s1. The summed E-state index contributed by atoms with van der Waals surface area (Å²) in [6.45, 7) is 1.02. The number of carbonyl (C=O) groups excluding carboxylic acids is 2. The molecule has 2 aromatic carbocycles. The second kappa shape index (κ2) is 8.29. The molecule has 1 aliphatic rings. The Balaban J connectivity index is 1.37. The lowest BCUT2D eigenvalue weighted by Gasteiger charge is -2.23. The van der Waals surface area contributed by atoms with E-state index in [0.717, 1.165) is 34.6 Å². The number of nitrogens with one attached hydrogen (secondary N) is 1. The van der Waals surface area contributed by atoms with Crippen LogP contribution < -0.4 is 5.32 Å². The quantitative estimate of drug-likeness (QED) is 0.672. The van der Waals surface area contributed by atoms with Crippen LogP contribution in [-0.4, -0.2) is 34.8 Å². The summed E-state index contributed by atoms with van der Waals surface area (Å²) in [5.74, 6) is -0.219. The smallest absolute Gasteiger partial charge is 0.252 e. The lowest BCUT2D eigenvalue weighted by Crippen LogP contribution is -2.34. The van der Waals surface area contributed by atoms with Gasteiger partial charge >= 0.3 is 0 Å². The van der Waals surface area contributed by atoms with Gasteiger partial charge in [-0.2, -0.15) is 0 Å². The minimum atomic E-state index is -0.262. The van der Waals surface area contributed by atoms with Crippen LogP contribution in [0.4, 0.5) is 0 Å². The van der Waals surface area contributed by atoms with Crippen LogP contribution in [0.25, 0.3) is 10.2 Å². The van der Waals surface area contributed by atoms with E-state index >= 15 is 0 Å². The third kappa shape index (κ3) is 3.88. The molecular weight excluding hydrogens is 394 g/mol. The zero-order valence-electron chi connectivity index (χ0n) is 15.2. The van der Waals surface area contributed by atoms with E-state index in [1.54, 1.807) is 35.6 Å². The van der Waals surface area contributed by atoms with Crippen LogP contribution in [0.15, 0.2) is 48.5 Å². The summed E-state index contributed by atoms with van der Waals surface area (Å²) in [6.07, 6.45) is 2.16. The van der Waals surface area contributed by atoms with Gasteiger partial charge in [-0.05, 0) is 37.1 Å². The van der Waals surface area contributed by atoms with Gasteiger partial charge < -0.3 is 10.2 Å². The van der Waals surface area contributed by atoms with Crippen molar-refractivity contribution in [3.63, 3.8) is 0 Å². The van der Waals surface area contributed by atoms with Gasteiger partial charge in [0, 0.05) is 19.5 Å². The number of thiazole rings is 1. The maximum absolute atomic E-state index is 12.8. The van der Waals surface area contributed by atoms with Crippen molar-refractivity contribution < 1.29 is 9.59 Å². The predicted molar refractivity (Wildman–Crippen MR) is 112 cm³/mol. The maximum Gasteiger partial charge on any atom is 0.252 e. The second-order valence-electron chi connectivity index (χ2n) is 6.75. The summed E-state index contributed by atoms with van der Waals surface area (Å²) in [4.78, 5) is 31.6. The van der Waals surface area contributed by atoms with Crippen LogP contribution in [-0.2, 0) is 4.79 Å². The molecule has 0 unspecified atom stereocenters. The molecule has 0 saturated carbocycles. The van der Waals surface area contributed by atoms with Crippen molar-refractivity contribution in [2.75, 3.05) is 13.1 Å². The van der Waals surface area contributed by atoms with Gasteiger partial charge in [0.05, 0.1) is 26.8 Å². The number of carbonyl (C=O) groups is 2. The van der Waals surface area contributed by atoms with Gasteiger partial charge in [0.1, 0.15) is 5.01 Å². The number of para-hydroxylation sites is 1. The molecule has 1 saturated heterocycles. The Hall–Kier alpha value is -2.44. The number of halogens is 1. The fraction of sp³-hybridized carbons (Fsp3) is 0.286. The number of benzene rings is 2. The number of aromatic nitrogens is 1. The van der Waals surface area contributed by atoms with Gasteiger partial charge in [0.25, 0.3) is 5.91 Å². The first-order chi connectivity index (χ1) is 13.6. The average molecular weight is 414 g/mol. The number of hydrogen-bond donors (Lipinski definition) is 1. The summed E-state index contributed by atoms with van der Waals surface area (Å²) >= 11 is 7.70. The van der Waals surface area contributed by atoms with Gasteiger partial charge in [-0.15, -0.1) is 11.3 Å². The highest BCUT2D eigenvalue weighted by Crippen LogP contribution is 2.36. The zero-order valence-corrected chi connectivity index (χ0v) is 16.8. The summed E-state index contributed by atoms with van der Waals surface area (Å²) in [5, 5.41) is 4.18. The number of hydrogen-bond acceptors (Lipinski definition) is 4. The van der Waals surface area contributed by atoms with Crippen molar-refractivity contribution in [3.8, 4) is 0 Å². The maximum atomic E-state index is 12.8. The van der Waals surface area contributed by atoms with Crippen molar-refractivity contribution in [1.82, 2.24) is 15.2 Å². The first-order valence-corrected chi connectivity index (χ1v) is 10.5. The molecule has 0 spiro atoms. The van der Waals surface area contributed by atoms with Gasteiger partial charge in [-0.1, -0.05) is 35.9 Å². The van der Waals surface area contributed by atoms with E-state index in [1.165, 1.54) is 0 Å². The van der Waals surface area contributed by atoms with E-state index < -0.39 is 0 Å². The minimum absolute atomic E-state index is 0.0316. The lowest BCUT2D eigenvalue weighted by atomic mass is 10.2. The van der Waals surface area contributed by atoms with Crippen LogP contribution in [0.2, 0.25) is 5.02 Å². The van der Waals surface area contributed by atoms with Crippen molar-refractivity contribution in [2.45, 2.75) is 25.3 Å². The molecule has 1 atom stereocenters. The number of amides is 2. The first-order valence-electron chi connectivity index (χ1n) is 9.31. The Morgan fingerprint density at radius 2 is 1.96 bits per heavy atom. The normalized spacial score (nSPS) is 16.5. The van der Waals surface area contributed by atoms with E-state index in [2.05, 4.69) is 11.4 Å². The Bertz CT molecular complexity index is 987. The Morgan fingerprint density at radius 3 is 2.79 bits per heavy atom. The third-order valence-corrected chi connectivity index (χ3v) is 6.38. The third-order valence-electron chi connectivity index (χ3n) is 4.91. The average Bonchev–Trinajstić information content (AvgIpc) is 3.34. The van der Waals surface area contributed by atoms with Crippen molar-refractivity contribution in [2.24, 2.45) is 0 Å².